The summed E-state index contributed by atoms with van der Waals surface area (Å²) in [6, 6.07) is 11.1. The second-order valence-electron chi connectivity index (χ2n) is 8.03. The van der Waals surface area contributed by atoms with Gasteiger partial charge in [0.2, 0.25) is 5.91 Å². The SMILES string of the molecule is COc1cc(CCC(=O)N2CCCN(Cc3ccc(F)cc3)CC2)ccc1OCC(F)(F)F. The Morgan fingerprint density at radius 2 is 1.70 bits per heavy atom. The van der Waals surface area contributed by atoms with E-state index in [9.17, 15) is 22.4 Å². The number of hydrogen-bond acceptors (Lipinski definition) is 4. The number of methoxy groups -OCH3 is 1. The Balaban J connectivity index is 1.49. The van der Waals surface area contributed by atoms with Gasteiger partial charge in [0.1, 0.15) is 5.82 Å². The monoisotopic (exact) mass is 468 g/mol. The van der Waals surface area contributed by atoms with Crippen LogP contribution in [-0.2, 0) is 17.8 Å². The van der Waals surface area contributed by atoms with Crippen molar-refractivity contribution in [1.29, 1.82) is 0 Å². The molecule has 1 saturated heterocycles. The van der Waals surface area contributed by atoms with Crippen LogP contribution in [0.15, 0.2) is 42.5 Å². The molecule has 1 aliphatic heterocycles. The third-order valence-electron chi connectivity index (χ3n) is 5.51. The number of hydrogen-bond donors (Lipinski definition) is 0. The second kappa shape index (κ2) is 11.4. The van der Waals surface area contributed by atoms with Crippen LogP contribution in [-0.4, -0.2) is 61.8 Å². The van der Waals surface area contributed by atoms with E-state index in [2.05, 4.69) is 4.90 Å². The van der Waals surface area contributed by atoms with Crippen LogP contribution in [0.2, 0.25) is 0 Å². The zero-order chi connectivity index (χ0) is 23.8. The fraction of sp³-hybridized carbons (Fsp3) is 0.458. The Kier molecular flexibility index (Phi) is 8.55. The molecule has 0 saturated carbocycles. The van der Waals surface area contributed by atoms with E-state index in [-0.39, 0.29) is 23.2 Å². The summed E-state index contributed by atoms with van der Waals surface area (Å²) in [6.07, 6.45) is -2.84. The molecule has 0 unspecified atom stereocenters. The number of carbonyl (C=O) groups excluding carboxylic acids is 1. The number of aryl methyl sites for hydroxylation is 1. The predicted octanol–water partition coefficient (Wildman–Crippen LogP) is 4.44. The Morgan fingerprint density at radius 3 is 2.39 bits per heavy atom. The smallest absolute Gasteiger partial charge is 0.422 e. The first-order chi connectivity index (χ1) is 15.7. The molecule has 2 aromatic carbocycles. The van der Waals surface area contributed by atoms with Crippen molar-refractivity contribution in [3.63, 3.8) is 0 Å². The van der Waals surface area contributed by atoms with Gasteiger partial charge in [-0.3, -0.25) is 9.69 Å². The van der Waals surface area contributed by atoms with Gasteiger partial charge in [-0.15, -0.1) is 0 Å². The number of alkyl halides is 3. The Hall–Kier alpha value is -2.81. The van der Waals surface area contributed by atoms with Crippen LogP contribution >= 0.6 is 0 Å². The van der Waals surface area contributed by atoms with E-state index in [1.807, 2.05) is 4.90 Å². The van der Waals surface area contributed by atoms with Crippen molar-refractivity contribution in [3.05, 3.63) is 59.4 Å². The molecule has 0 aromatic heterocycles. The molecule has 0 radical (unpaired) electrons. The maximum Gasteiger partial charge on any atom is 0.422 e. The van der Waals surface area contributed by atoms with Crippen molar-refractivity contribution in [2.45, 2.75) is 32.0 Å². The maximum atomic E-state index is 13.1. The van der Waals surface area contributed by atoms with Gasteiger partial charge in [-0.05, 0) is 48.2 Å². The van der Waals surface area contributed by atoms with Gasteiger partial charge in [0.15, 0.2) is 18.1 Å². The molecule has 0 aliphatic carbocycles. The number of rotatable bonds is 8. The van der Waals surface area contributed by atoms with Crippen LogP contribution in [0.25, 0.3) is 0 Å². The summed E-state index contributed by atoms with van der Waals surface area (Å²) in [4.78, 5) is 16.9. The van der Waals surface area contributed by atoms with Gasteiger partial charge in [-0.1, -0.05) is 18.2 Å². The summed E-state index contributed by atoms with van der Waals surface area (Å²) in [7, 11) is 1.36. The average Bonchev–Trinajstić information content (AvgIpc) is 3.03. The summed E-state index contributed by atoms with van der Waals surface area (Å²) in [6.45, 7) is 2.21. The van der Waals surface area contributed by atoms with E-state index in [0.717, 1.165) is 30.6 Å². The summed E-state index contributed by atoms with van der Waals surface area (Å²) in [5.74, 6) is -0.00319. The third-order valence-corrected chi connectivity index (χ3v) is 5.51. The molecule has 9 heteroatoms. The minimum atomic E-state index is -4.43. The molecule has 180 valence electrons. The quantitative estimate of drug-likeness (QED) is 0.538. The minimum Gasteiger partial charge on any atom is -0.493 e. The molecule has 0 bridgehead atoms. The van der Waals surface area contributed by atoms with E-state index >= 15 is 0 Å². The van der Waals surface area contributed by atoms with Crippen molar-refractivity contribution in [2.24, 2.45) is 0 Å². The number of amides is 1. The fourth-order valence-corrected chi connectivity index (χ4v) is 3.78. The first kappa shape index (κ1) is 24.8. The first-order valence-corrected chi connectivity index (χ1v) is 10.8. The summed E-state index contributed by atoms with van der Waals surface area (Å²) >= 11 is 0. The minimum absolute atomic E-state index is 0.0127. The van der Waals surface area contributed by atoms with Gasteiger partial charge in [0.25, 0.3) is 0 Å². The number of benzene rings is 2. The number of halogens is 4. The normalized spacial score (nSPS) is 15.2. The van der Waals surface area contributed by atoms with Gasteiger partial charge in [0.05, 0.1) is 7.11 Å². The molecule has 1 amide bonds. The Morgan fingerprint density at radius 1 is 0.970 bits per heavy atom. The molecule has 33 heavy (non-hydrogen) atoms. The van der Waals surface area contributed by atoms with Crippen LogP contribution in [0.4, 0.5) is 17.6 Å². The highest BCUT2D eigenvalue weighted by Crippen LogP contribution is 2.30. The predicted molar refractivity (Wildman–Crippen MR) is 116 cm³/mol. The lowest BCUT2D eigenvalue weighted by atomic mass is 10.1. The highest BCUT2D eigenvalue weighted by Gasteiger charge is 2.29. The highest BCUT2D eigenvalue weighted by molar-refractivity contribution is 5.76. The summed E-state index contributed by atoms with van der Waals surface area (Å²) in [5, 5.41) is 0. The van der Waals surface area contributed by atoms with Crippen LogP contribution in [0.1, 0.15) is 24.0 Å². The van der Waals surface area contributed by atoms with Gasteiger partial charge < -0.3 is 14.4 Å². The van der Waals surface area contributed by atoms with E-state index in [4.69, 9.17) is 9.47 Å². The highest BCUT2D eigenvalue weighted by atomic mass is 19.4. The van der Waals surface area contributed by atoms with Crippen molar-refractivity contribution >= 4 is 5.91 Å². The van der Waals surface area contributed by atoms with E-state index < -0.39 is 12.8 Å². The molecule has 0 spiro atoms. The van der Waals surface area contributed by atoms with Gasteiger partial charge in [-0.2, -0.15) is 13.2 Å². The fourth-order valence-electron chi connectivity index (χ4n) is 3.78. The topological polar surface area (TPSA) is 42.0 Å². The lowest BCUT2D eigenvalue weighted by Gasteiger charge is -2.22. The standard InChI is InChI=1S/C24H28F4N2O3/c1-32-22-15-18(5-9-21(22)33-17-24(26,27)28)6-10-23(31)30-12-2-11-29(13-14-30)16-19-3-7-20(25)8-4-19/h3-5,7-9,15H,2,6,10-14,16-17H2,1H3. The molecule has 1 fully saturated rings. The van der Waals surface area contributed by atoms with E-state index in [0.29, 0.717) is 32.5 Å². The third kappa shape index (κ3) is 7.92. The molecule has 5 nitrogen and oxygen atoms in total. The molecule has 0 N–H and O–H groups in total. The van der Waals surface area contributed by atoms with Crippen molar-refractivity contribution in [3.8, 4) is 11.5 Å². The average molecular weight is 468 g/mol. The van der Waals surface area contributed by atoms with Crippen LogP contribution in [0.3, 0.4) is 0 Å². The molecule has 1 heterocycles. The zero-order valence-electron chi connectivity index (χ0n) is 18.5. The molecule has 3 rings (SSSR count). The summed E-state index contributed by atoms with van der Waals surface area (Å²) in [5.41, 5.74) is 1.82. The Bertz CT molecular complexity index is 919. The number of nitrogens with zero attached hydrogens (tertiary/aromatic N) is 2. The van der Waals surface area contributed by atoms with Crippen LogP contribution in [0.5, 0.6) is 11.5 Å². The largest absolute Gasteiger partial charge is 0.493 e. The van der Waals surface area contributed by atoms with Gasteiger partial charge in [-0.25, -0.2) is 4.39 Å². The maximum absolute atomic E-state index is 13.1. The molecule has 1 aliphatic rings. The van der Waals surface area contributed by atoms with E-state index in [1.165, 1.54) is 25.3 Å². The van der Waals surface area contributed by atoms with Gasteiger partial charge >= 0.3 is 6.18 Å². The molecule has 0 atom stereocenters. The van der Waals surface area contributed by atoms with Crippen molar-refractivity contribution < 1.29 is 31.8 Å². The Labute approximate surface area is 190 Å². The van der Waals surface area contributed by atoms with Crippen molar-refractivity contribution in [1.82, 2.24) is 9.80 Å². The van der Waals surface area contributed by atoms with E-state index in [1.54, 1.807) is 24.3 Å². The molecular weight excluding hydrogens is 440 g/mol. The second-order valence-corrected chi connectivity index (χ2v) is 8.03. The molecule has 2 aromatic rings. The number of carbonyl (C=O) groups is 1. The first-order valence-electron chi connectivity index (χ1n) is 10.8. The lowest BCUT2D eigenvalue weighted by Crippen LogP contribution is -2.35. The van der Waals surface area contributed by atoms with Gasteiger partial charge in [0, 0.05) is 39.1 Å². The van der Waals surface area contributed by atoms with Crippen LogP contribution < -0.4 is 9.47 Å². The zero-order valence-corrected chi connectivity index (χ0v) is 18.5. The van der Waals surface area contributed by atoms with Crippen LogP contribution in [0, 0.1) is 5.82 Å². The molecular formula is C24H28F4N2O3. The van der Waals surface area contributed by atoms with Crippen molar-refractivity contribution in [2.75, 3.05) is 39.9 Å². The summed E-state index contributed by atoms with van der Waals surface area (Å²) < 4.78 is 60.2. The number of ether oxygens (including phenoxy) is 2. The lowest BCUT2D eigenvalue weighted by molar-refractivity contribution is -0.153.